The molecule has 84 valence electrons. The molecule has 15 heavy (non-hydrogen) atoms. The van der Waals surface area contributed by atoms with E-state index in [1.807, 2.05) is 33.3 Å². The minimum absolute atomic E-state index is 0.163. The van der Waals surface area contributed by atoms with Crippen molar-refractivity contribution in [3.63, 3.8) is 0 Å². The third-order valence-electron chi connectivity index (χ3n) is 2.08. The van der Waals surface area contributed by atoms with E-state index < -0.39 is 5.54 Å². The van der Waals surface area contributed by atoms with Crippen LogP contribution < -0.4 is 0 Å². The van der Waals surface area contributed by atoms with Gasteiger partial charge in [0, 0.05) is 5.54 Å². The van der Waals surface area contributed by atoms with Crippen LogP contribution in [-0.2, 0) is 9.59 Å². The molecule has 0 aromatic rings. The lowest BCUT2D eigenvalue weighted by molar-refractivity contribution is -0.142. The number of amides is 2. The number of hydrogen-bond acceptors (Lipinski definition) is 4. The van der Waals surface area contributed by atoms with Crippen LogP contribution in [0.5, 0.6) is 0 Å². The van der Waals surface area contributed by atoms with Gasteiger partial charge in [-0.25, -0.2) is 0 Å². The molecule has 0 aromatic heterocycles. The first kappa shape index (κ1) is 12.6. The average Bonchev–Trinajstić information content (AvgIpc) is 2.35. The standard InChI is InChI=1S/C10H15NO2S2/c1-10(2,3)11-8(12)6(14-4)7(15-5)9(11)13/h1-5H3. The summed E-state index contributed by atoms with van der Waals surface area (Å²) in [5.74, 6) is -0.325. The lowest BCUT2D eigenvalue weighted by Gasteiger charge is -2.30. The van der Waals surface area contributed by atoms with E-state index in [1.54, 1.807) is 0 Å². The molecule has 0 spiro atoms. The van der Waals surface area contributed by atoms with Gasteiger partial charge in [-0.3, -0.25) is 14.5 Å². The zero-order valence-electron chi connectivity index (χ0n) is 9.58. The Hall–Kier alpha value is -0.420. The highest BCUT2D eigenvalue weighted by Crippen LogP contribution is 2.37. The van der Waals surface area contributed by atoms with Crippen LogP contribution in [0.4, 0.5) is 0 Å². The van der Waals surface area contributed by atoms with Crippen molar-refractivity contribution in [3.05, 3.63) is 9.81 Å². The van der Waals surface area contributed by atoms with E-state index in [9.17, 15) is 9.59 Å². The summed E-state index contributed by atoms with van der Waals surface area (Å²) in [6.07, 6.45) is 3.64. The van der Waals surface area contributed by atoms with Crippen LogP contribution in [0.3, 0.4) is 0 Å². The van der Waals surface area contributed by atoms with Crippen molar-refractivity contribution in [1.29, 1.82) is 0 Å². The van der Waals surface area contributed by atoms with Crippen LogP contribution >= 0.6 is 23.5 Å². The highest BCUT2D eigenvalue weighted by atomic mass is 32.2. The average molecular weight is 245 g/mol. The smallest absolute Gasteiger partial charge is 0.268 e. The largest absolute Gasteiger partial charge is 0.269 e. The summed E-state index contributed by atoms with van der Waals surface area (Å²) in [6.45, 7) is 5.60. The molecule has 0 saturated heterocycles. The Kier molecular flexibility index (Phi) is 3.55. The normalized spacial score (nSPS) is 18.1. The molecule has 1 heterocycles. The molecule has 1 rings (SSSR count). The summed E-state index contributed by atoms with van der Waals surface area (Å²) in [4.78, 5) is 26.4. The number of nitrogens with zero attached hydrogens (tertiary/aromatic N) is 1. The molecule has 5 heteroatoms. The van der Waals surface area contributed by atoms with Crippen LogP contribution in [0.15, 0.2) is 9.81 Å². The third-order valence-corrected chi connectivity index (χ3v) is 3.78. The number of carbonyl (C=O) groups is 2. The monoisotopic (exact) mass is 245 g/mol. The van der Waals surface area contributed by atoms with Gasteiger partial charge in [0.2, 0.25) is 0 Å². The van der Waals surface area contributed by atoms with Gasteiger partial charge < -0.3 is 0 Å². The molecule has 0 fully saturated rings. The molecule has 1 aliphatic rings. The molecule has 2 amide bonds. The van der Waals surface area contributed by atoms with Gasteiger partial charge in [-0.15, -0.1) is 23.5 Å². The highest BCUT2D eigenvalue weighted by Gasteiger charge is 2.43. The molecule has 3 nitrogen and oxygen atoms in total. The van der Waals surface area contributed by atoms with Crippen LogP contribution in [-0.4, -0.2) is 34.8 Å². The van der Waals surface area contributed by atoms with Crippen LogP contribution in [0.25, 0.3) is 0 Å². The third kappa shape index (κ3) is 2.08. The van der Waals surface area contributed by atoms with Crippen molar-refractivity contribution < 1.29 is 9.59 Å². The van der Waals surface area contributed by atoms with Crippen molar-refractivity contribution in [2.24, 2.45) is 0 Å². The van der Waals surface area contributed by atoms with Gasteiger partial charge in [0.25, 0.3) is 11.8 Å². The molecule has 0 N–H and O–H groups in total. The molecular formula is C10H15NO2S2. The Morgan fingerprint density at radius 3 is 1.47 bits per heavy atom. The second-order valence-corrected chi connectivity index (χ2v) is 5.82. The van der Waals surface area contributed by atoms with Crippen LogP contribution in [0, 0.1) is 0 Å². The molecule has 0 atom stereocenters. The molecule has 0 aliphatic carbocycles. The maximum atomic E-state index is 12.0. The quantitative estimate of drug-likeness (QED) is 0.698. The van der Waals surface area contributed by atoms with Gasteiger partial charge in [-0.1, -0.05) is 0 Å². The summed E-state index contributed by atoms with van der Waals surface area (Å²) >= 11 is 2.69. The van der Waals surface area contributed by atoms with Gasteiger partial charge >= 0.3 is 0 Å². The first-order chi connectivity index (χ1) is 6.84. The lowest BCUT2D eigenvalue weighted by Crippen LogP contribution is -2.46. The fourth-order valence-corrected chi connectivity index (χ4v) is 3.04. The van der Waals surface area contributed by atoms with E-state index in [2.05, 4.69) is 0 Å². The Labute approximate surface area is 98.7 Å². The maximum absolute atomic E-state index is 12.0. The Bertz CT molecular complexity index is 316. The van der Waals surface area contributed by atoms with Crippen molar-refractivity contribution >= 4 is 35.3 Å². The minimum atomic E-state index is -0.452. The Morgan fingerprint density at radius 2 is 1.27 bits per heavy atom. The fourth-order valence-electron chi connectivity index (χ4n) is 1.46. The second kappa shape index (κ2) is 4.22. The second-order valence-electron chi connectivity index (χ2n) is 4.18. The molecule has 0 unspecified atom stereocenters. The van der Waals surface area contributed by atoms with E-state index >= 15 is 0 Å². The summed E-state index contributed by atoms with van der Waals surface area (Å²) in [5.41, 5.74) is -0.452. The van der Waals surface area contributed by atoms with E-state index in [-0.39, 0.29) is 11.8 Å². The van der Waals surface area contributed by atoms with Crippen molar-refractivity contribution in [3.8, 4) is 0 Å². The lowest BCUT2D eigenvalue weighted by atomic mass is 10.1. The predicted molar refractivity (Wildman–Crippen MR) is 65.7 cm³/mol. The first-order valence-electron chi connectivity index (χ1n) is 4.55. The predicted octanol–water partition coefficient (Wildman–Crippen LogP) is 2.09. The van der Waals surface area contributed by atoms with Crippen molar-refractivity contribution in [2.75, 3.05) is 12.5 Å². The van der Waals surface area contributed by atoms with Crippen molar-refractivity contribution in [1.82, 2.24) is 4.90 Å². The number of imide groups is 1. The zero-order valence-corrected chi connectivity index (χ0v) is 11.2. The Balaban J connectivity index is 3.17. The van der Waals surface area contributed by atoms with Crippen LogP contribution in [0.1, 0.15) is 20.8 Å². The van der Waals surface area contributed by atoms with Gasteiger partial charge in [-0.05, 0) is 33.3 Å². The summed E-state index contributed by atoms with van der Waals surface area (Å²) < 4.78 is 0. The van der Waals surface area contributed by atoms with E-state index in [0.29, 0.717) is 9.81 Å². The molecular weight excluding hydrogens is 230 g/mol. The van der Waals surface area contributed by atoms with Gasteiger partial charge in [-0.2, -0.15) is 0 Å². The van der Waals surface area contributed by atoms with Crippen molar-refractivity contribution in [2.45, 2.75) is 26.3 Å². The first-order valence-corrected chi connectivity index (χ1v) is 7.00. The molecule has 0 radical (unpaired) electrons. The summed E-state index contributed by atoms with van der Waals surface area (Å²) in [5, 5.41) is 0. The topological polar surface area (TPSA) is 37.4 Å². The highest BCUT2D eigenvalue weighted by molar-refractivity contribution is 8.07. The summed E-state index contributed by atoms with van der Waals surface area (Å²) in [6, 6.07) is 0. The van der Waals surface area contributed by atoms with Gasteiger partial charge in [0.1, 0.15) is 0 Å². The van der Waals surface area contributed by atoms with E-state index in [4.69, 9.17) is 0 Å². The molecule has 0 aromatic carbocycles. The van der Waals surface area contributed by atoms with Gasteiger partial charge in [0.05, 0.1) is 9.81 Å². The molecule has 0 saturated carbocycles. The summed E-state index contributed by atoms with van der Waals surface area (Å²) in [7, 11) is 0. The maximum Gasteiger partial charge on any atom is 0.269 e. The number of thioether (sulfide) groups is 2. The van der Waals surface area contributed by atoms with Gasteiger partial charge in [0.15, 0.2) is 0 Å². The zero-order chi connectivity index (χ0) is 11.8. The fraction of sp³-hybridized carbons (Fsp3) is 0.600. The number of carbonyl (C=O) groups excluding carboxylic acids is 2. The van der Waals surface area contributed by atoms with E-state index in [0.717, 1.165) is 0 Å². The molecule has 0 bridgehead atoms. The number of rotatable bonds is 2. The Morgan fingerprint density at radius 1 is 0.933 bits per heavy atom. The number of hydrogen-bond donors (Lipinski definition) is 0. The van der Waals surface area contributed by atoms with E-state index in [1.165, 1.54) is 28.4 Å². The minimum Gasteiger partial charge on any atom is -0.268 e. The molecule has 1 aliphatic heterocycles. The van der Waals surface area contributed by atoms with Crippen LogP contribution in [0.2, 0.25) is 0 Å². The SMILES string of the molecule is CSC1=C(SC)C(=O)N(C(C)(C)C)C1=O.